The van der Waals surface area contributed by atoms with Gasteiger partial charge in [-0.3, -0.25) is 14.4 Å². The van der Waals surface area contributed by atoms with E-state index in [-0.39, 0.29) is 31.2 Å². The number of amides is 2. The SMILES string of the molecule is CCCN(CC(=O)Nc1nc(C)c(C)s1)C(=O)CCC(=O)OCC. The third kappa shape index (κ3) is 6.66. The van der Waals surface area contributed by atoms with Crippen LogP contribution in [0.3, 0.4) is 0 Å². The van der Waals surface area contributed by atoms with Crippen molar-refractivity contribution in [3.05, 3.63) is 10.6 Å². The summed E-state index contributed by atoms with van der Waals surface area (Å²) in [5.41, 5.74) is 0.881. The molecule has 1 N–H and O–H groups in total. The lowest BCUT2D eigenvalue weighted by Crippen LogP contribution is -2.38. The van der Waals surface area contributed by atoms with Crippen LogP contribution in [-0.2, 0) is 19.1 Å². The molecule has 0 saturated carbocycles. The zero-order valence-corrected chi connectivity index (χ0v) is 15.5. The maximum absolute atomic E-state index is 12.2. The number of aryl methyl sites for hydroxylation is 2. The van der Waals surface area contributed by atoms with Crippen molar-refractivity contribution in [2.75, 3.05) is 25.0 Å². The predicted octanol–water partition coefficient (Wildman–Crippen LogP) is 2.28. The Balaban J connectivity index is 2.55. The smallest absolute Gasteiger partial charge is 0.306 e. The zero-order chi connectivity index (χ0) is 18.1. The van der Waals surface area contributed by atoms with E-state index < -0.39 is 5.97 Å². The van der Waals surface area contributed by atoms with E-state index in [0.717, 1.165) is 17.0 Å². The maximum Gasteiger partial charge on any atom is 0.306 e. The minimum atomic E-state index is -0.402. The summed E-state index contributed by atoms with van der Waals surface area (Å²) in [6.45, 7) is 8.17. The Hall–Kier alpha value is -1.96. The van der Waals surface area contributed by atoms with Gasteiger partial charge < -0.3 is 15.0 Å². The van der Waals surface area contributed by atoms with Crippen LogP contribution in [-0.4, -0.2) is 47.4 Å². The molecule has 0 radical (unpaired) electrons. The van der Waals surface area contributed by atoms with Crippen molar-refractivity contribution in [1.29, 1.82) is 0 Å². The Bertz CT molecular complexity index is 566. The van der Waals surface area contributed by atoms with Crippen molar-refractivity contribution >= 4 is 34.3 Å². The molecule has 0 aliphatic carbocycles. The van der Waals surface area contributed by atoms with Crippen LogP contribution < -0.4 is 5.32 Å². The van der Waals surface area contributed by atoms with Gasteiger partial charge in [-0.1, -0.05) is 6.92 Å². The summed E-state index contributed by atoms with van der Waals surface area (Å²) >= 11 is 1.40. The van der Waals surface area contributed by atoms with Crippen LogP contribution >= 0.6 is 11.3 Å². The molecule has 7 nitrogen and oxygen atoms in total. The molecule has 0 spiro atoms. The molecule has 0 fully saturated rings. The first-order valence-corrected chi connectivity index (χ1v) is 8.86. The number of hydrogen-bond donors (Lipinski definition) is 1. The number of nitrogens with zero attached hydrogens (tertiary/aromatic N) is 2. The van der Waals surface area contributed by atoms with Crippen LogP contribution in [0.4, 0.5) is 5.13 Å². The molecule has 0 aromatic carbocycles. The molecule has 0 aliphatic rings. The number of hydrogen-bond acceptors (Lipinski definition) is 6. The van der Waals surface area contributed by atoms with E-state index >= 15 is 0 Å². The normalized spacial score (nSPS) is 10.3. The quantitative estimate of drug-likeness (QED) is 0.687. The summed E-state index contributed by atoms with van der Waals surface area (Å²) in [6.07, 6.45) is 0.800. The van der Waals surface area contributed by atoms with Crippen molar-refractivity contribution in [3.8, 4) is 0 Å². The molecular formula is C16H25N3O4S. The average molecular weight is 355 g/mol. The average Bonchev–Trinajstić information content (AvgIpc) is 2.82. The lowest BCUT2D eigenvalue weighted by Gasteiger charge is -2.21. The van der Waals surface area contributed by atoms with Gasteiger partial charge in [0.1, 0.15) is 0 Å². The second-order valence-corrected chi connectivity index (χ2v) is 6.53. The van der Waals surface area contributed by atoms with Crippen LogP contribution in [0.1, 0.15) is 43.7 Å². The van der Waals surface area contributed by atoms with Gasteiger partial charge in [0.2, 0.25) is 11.8 Å². The highest BCUT2D eigenvalue weighted by atomic mass is 32.1. The zero-order valence-electron chi connectivity index (χ0n) is 14.7. The predicted molar refractivity (Wildman–Crippen MR) is 93.0 cm³/mol. The molecule has 1 aromatic rings. The summed E-state index contributed by atoms with van der Waals surface area (Å²) < 4.78 is 4.81. The number of esters is 1. The first-order chi connectivity index (χ1) is 11.4. The van der Waals surface area contributed by atoms with Gasteiger partial charge >= 0.3 is 5.97 Å². The van der Waals surface area contributed by atoms with Gasteiger partial charge in [0.05, 0.1) is 25.3 Å². The van der Waals surface area contributed by atoms with Gasteiger partial charge in [0.25, 0.3) is 0 Å². The van der Waals surface area contributed by atoms with Crippen LogP contribution in [0.5, 0.6) is 0 Å². The molecule has 2 amide bonds. The number of nitrogens with one attached hydrogen (secondary N) is 1. The van der Waals surface area contributed by atoms with Crippen molar-refractivity contribution in [3.63, 3.8) is 0 Å². The van der Waals surface area contributed by atoms with Gasteiger partial charge in [-0.25, -0.2) is 4.98 Å². The lowest BCUT2D eigenvalue weighted by molar-refractivity contribution is -0.145. The highest BCUT2D eigenvalue weighted by Crippen LogP contribution is 2.20. The summed E-state index contributed by atoms with van der Waals surface area (Å²) in [7, 11) is 0. The minimum Gasteiger partial charge on any atom is -0.466 e. The Kier molecular flexibility index (Phi) is 8.39. The summed E-state index contributed by atoms with van der Waals surface area (Å²) in [5, 5.41) is 3.25. The number of carbonyl (C=O) groups is 3. The van der Waals surface area contributed by atoms with E-state index in [2.05, 4.69) is 10.3 Å². The first kappa shape index (κ1) is 20.1. The number of rotatable bonds is 9. The van der Waals surface area contributed by atoms with E-state index in [4.69, 9.17) is 4.74 Å². The van der Waals surface area contributed by atoms with Crippen LogP contribution in [0, 0.1) is 13.8 Å². The fourth-order valence-corrected chi connectivity index (χ4v) is 2.85. The number of anilines is 1. The highest BCUT2D eigenvalue weighted by molar-refractivity contribution is 7.15. The largest absolute Gasteiger partial charge is 0.466 e. The molecule has 0 atom stereocenters. The van der Waals surface area contributed by atoms with E-state index in [0.29, 0.717) is 18.3 Å². The molecule has 0 bridgehead atoms. The van der Waals surface area contributed by atoms with Crippen LogP contribution in [0.25, 0.3) is 0 Å². The number of aromatic nitrogens is 1. The molecule has 24 heavy (non-hydrogen) atoms. The molecular weight excluding hydrogens is 330 g/mol. The van der Waals surface area contributed by atoms with E-state index in [9.17, 15) is 14.4 Å². The molecule has 1 rings (SSSR count). The number of thiazole rings is 1. The second-order valence-electron chi connectivity index (χ2n) is 5.33. The third-order valence-electron chi connectivity index (χ3n) is 3.30. The Morgan fingerprint density at radius 3 is 2.46 bits per heavy atom. The Morgan fingerprint density at radius 1 is 1.21 bits per heavy atom. The monoisotopic (exact) mass is 355 g/mol. The van der Waals surface area contributed by atoms with E-state index in [1.807, 2.05) is 20.8 Å². The molecule has 0 saturated heterocycles. The number of ether oxygens (including phenoxy) is 1. The van der Waals surface area contributed by atoms with Crippen LogP contribution in [0.15, 0.2) is 0 Å². The molecule has 0 aliphatic heterocycles. The highest BCUT2D eigenvalue weighted by Gasteiger charge is 2.18. The molecule has 1 aromatic heterocycles. The van der Waals surface area contributed by atoms with Crippen molar-refractivity contribution in [2.24, 2.45) is 0 Å². The molecule has 134 valence electrons. The van der Waals surface area contributed by atoms with Gasteiger partial charge in [-0.15, -0.1) is 11.3 Å². The second kappa shape index (κ2) is 10.0. The summed E-state index contributed by atoms with van der Waals surface area (Å²) in [5.74, 6) is -0.922. The minimum absolute atomic E-state index is 0.0272. The third-order valence-corrected chi connectivity index (χ3v) is 4.29. The fraction of sp³-hybridized carbons (Fsp3) is 0.625. The topological polar surface area (TPSA) is 88.6 Å². The number of carbonyl (C=O) groups excluding carboxylic acids is 3. The van der Waals surface area contributed by atoms with E-state index in [1.165, 1.54) is 16.2 Å². The Morgan fingerprint density at radius 2 is 1.92 bits per heavy atom. The Labute approximate surface area is 146 Å². The standard InChI is InChI=1S/C16H25N3O4S/c1-5-9-19(14(21)7-8-15(22)23-6-2)10-13(20)18-16-17-11(3)12(4)24-16/h5-10H2,1-4H3,(H,17,18,20). The summed E-state index contributed by atoms with van der Waals surface area (Å²) in [6, 6.07) is 0. The van der Waals surface area contributed by atoms with E-state index in [1.54, 1.807) is 6.92 Å². The lowest BCUT2D eigenvalue weighted by atomic mass is 10.2. The summed E-state index contributed by atoms with van der Waals surface area (Å²) in [4.78, 5) is 42.4. The van der Waals surface area contributed by atoms with Crippen LogP contribution in [0.2, 0.25) is 0 Å². The van der Waals surface area contributed by atoms with Crippen molar-refractivity contribution in [2.45, 2.75) is 47.0 Å². The van der Waals surface area contributed by atoms with Gasteiger partial charge in [0, 0.05) is 17.8 Å². The fourth-order valence-electron chi connectivity index (χ4n) is 2.02. The van der Waals surface area contributed by atoms with Gasteiger partial charge in [0.15, 0.2) is 5.13 Å². The van der Waals surface area contributed by atoms with Crippen molar-refractivity contribution < 1.29 is 19.1 Å². The molecule has 0 unspecified atom stereocenters. The molecule has 8 heteroatoms. The van der Waals surface area contributed by atoms with Gasteiger partial charge in [-0.2, -0.15) is 0 Å². The molecule has 1 heterocycles. The van der Waals surface area contributed by atoms with Crippen molar-refractivity contribution in [1.82, 2.24) is 9.88 Å². The first-order valence-electron chi connectivity index (χ1n) is 8.04. The van der Waals surface area contributed by atoms with Gasteiger partial charge in [-0.05, 0) is 27.2 Å². The maximum atomic E-state index is 12.2.